The van der Waals surface area contributed by atoms with Crippen molar-refractivity contribution in [3.8, 4) is 0 Å². The fourth-order valence-corrected chi connectivity index (χ4v) is 1.85. The lowest BCUT2D eigenvalue weighted by Gasteiger charge is -2.17. The maximum atomic E-state index is 9.64. The van der Waals surface area contributed by atoms with Crippen molar-refractivity contribution in [2.24, 2.45) is 0 Å². The van der Waals surface area contributed by atoms with E-state index in [0.29, 0.717) is 6.54 Å². The number of anilines is 1. The lowest BCUT2D eigenvalue weighted by Crippen LogP contribution is -2.32. The molecule has 0 aliphatic carbocycles. The molecule has 1 aliphatic heterocycles. The molecule has 0 unspecified atom stereocenters. The third kappa shape index (κ3) is 2.27. The normalized spacial score (nSPS) is 25.5. The molecule has 0 amide bonds. The van der Waals surface area contributed by atoms with Gasteiger partial charge in [0.15, 0.2) is 0 Å². The molecule has 1 aliphatic rings. The molecule has 0 bridgehead atoms. The number of nitrogens with zero attached hydrogens (tertiary/aromatic N) is 1. The van der Waals surface area contributed by atoms with Gasteiger partial charge in [0, 0.05) is 19.3 Å². The van der Waals surface area contributed by atoms with Crippen LogP contribution < -0.4 is 10.6 Å². The second-order valence-corrected chi connectivity index (χ2v) is 4.15. The minimum atomic E-state index is -0.326. The highest BCUT2D eigenvalue weighted by Crippen LogP contribution is 2.15. The van der Waals surface area contributed by atoms with Crippen LogP contribution in [0.1, 0.15) is 11.1 Å². The third-order valence-corrected chi connectivity index (χ3v) is 2.72. The summed E-state index contributed by atoms with van der Waals surface area (Å²) in [5, 5.41) is 16.0. The predicted molar refractivity (Wildman–Crippen MR) is 60.0 cm³/mol. The summed E-state index contributed by atoms with van der Waals surface area (Å²) in [6, 6.07) is 2.16. The van der Waals surface area contributed by atoms with Crippen molar-refractivity contribution in [1.29, 1.82) is 0 Å². The van der Waals surface area contributed by atoms with Crippen molar-refractivity contribution in [3.05, 3.63) is 23.4 Å². The van der Waals surface area contributed by atoms with E-state index >= 15 is 0 Å². The van der Waals surface area contributed by atoms with Gasteiger partial charge in [0.2, 0.25) is 0 Å². The largest absolute Gasteiger partial charge is 0.390 e. The highest BCUT2D eigenvalue weighted by atomic mass is 16.3. The average molecular weight is 207 g/mol. The van der Waals surface area contributed by atoms with Gasteiger partial charge >= 0.3 is 0 Å². The van der Waals surface area contributed by atoms with Gasteiger partial charge < -0.3 is 15.7 Å². The van der Waals surface area contributed by atoms with Crippen molar-refractivity contribution >= 4 is 5.82 Å². The van der Waals surface area contributed by atoms with Crippen LogP contribution in [0.4, 0.5) is 5.82 Å². The Balaban J connectivity index is 2.10. The SMILES string of the molecule is Cc1cnc(N[C@@H]2CNC[C@H]2O)c(C)c1. The zero-order valence-electron chi connectivity index (χ0n) is 9.12. The highest BCUT2D eigenvalue weighted by Gasteiger charge is 2.25. The molecule has 4 heteroatoms. The number of aliphatic hydroxyl groups excluding tert-OH is 1. The number of hydrogen-bond acceptors (Lipinski definition) is 4. The Kier molecular flexibility index (Phi) is 2.88. The summed E-state index contributed by atoms with van der Waals surface area (Å²) in [6.45, 7) is 5.49. The molecule has 0 aromatic carbocycles. The molecule has 1 aromatic heterocycles. The molecule has 0 saturated carbocycles. The van der Waals surface area contributed by atoms with Crippen molar-refractivity contribution in [3.63, 3.8) is 0 Å². The van der Waals surface area contributed by atoms with Crippen LogP contribution >= 0.6 is 0 Å². The smallest absolute Gasteiger partial charge is 0.129 e. The van der Waals surface area contributed by atoms with Gasteiger partial charge in [-0.2, -0.15) is 0 Å². The Morgan fingerprint density at radius 3 is 2.87 bits per heavy atom. The third-order valence-electron chi connectivity index (χ3n) is 2.72. The first-order valence-electron chi connectivity index (χ1n) is 5.25. The Morgan fingerprint density at radius 2 is 2.27 bits per heavy atom. The number of nitrogens with one attached hydrogen (secondary N) is 2. The van der Waals surface area contributed by atoms with Crippen molar-refractivity contribution in [2.45, 2.75) is 26.0 Å². The van der Waals surface area contributed by atoms with E-state index in [0.717, 1.165) is 23.5 Å². The number of aliphatic hydroxyl groups is 1. The quantitative estimate of drug-likeness (QED) is 0.659. The molecular formula is C11H17N3O. The fraction of sp³-hybridized carbons (Fsp3) is 0.545. The molecule has 15 heavy (non-hydrogen) atoms. The second-order valence-electron chi connectivity index (χ2n) is 4.15. The lowest BCUT2D eigenvalue weighted by molar-refractivity contribution is 0.185. The van der Waals surface area contributed by atoms with E-state index in [9.17, 15) is 5.11 Å². The standard InChI is InChI=1S/C11H17N3O/c1-7-3-8(2)11(13-4-7)14-9-5-12-6-10(9)15/h3-4,9-10,12,15H,5-6H2,1-2H3,(H,13,14)/t9-,10-/m1/s1. The lowest BCUT2D eigenvalue weighted by atomic mass is 10.2. The van der Waals surface area contributed by atoms with Crippen LogP contribution in [0.3, 0.4) is 0 Å². The summed E-state index contributed by atoms with van der Waals surface area (Å²) >= 11 is 0. The number of aryl methyl sites for hydroxylation is 2. The molecule has 1 aromatic rings. The van der Waals surface area contributed by atoms with Crippen molar-refractivity contribution < 1.29 is 5.11 Å². The first-order valence-corrected chi connectivity index (χ1v) is 5.25. The summed E-state index contributed by atoms with van der Waals surface area (Å²) in [4.78, 5) is 4.33. The van der Waals surface area contributed by atoms with Crippen LogP contribution in [-0.2, 0) is 0 Å². The average Bonchev–Trinajstić information content (AvgIpc) is 2.57. The molecule has 2 atom stereocenters. The summed E-state index contributed by atoms with van der Waals surface area (Å²) < 4.78 is 0. The van der Waals surface area contributed by atoms with Gasteiger partial charge in [-0.3, -0.25) is 0 Å². The maximum absolute atomic E-state index is 9.64. The predicted octanol–water partition coefficient (Wildman–Crippen LogP) is 0.443. The van der Waals surface area contributed by atoms with Crippen molar-refractivity contribution in [2.75, 3.05) is 18.4 Å². The molecule has 82 valence electrons. The Morgan fingerprint density at radius 1 is 1.47 bits per heavy atom. The number of β-amino-alcohol motifs (C(OH)–C–C–N with tert-alkyl or cyclic N) is 1. The fourth-order valence-electron chi connectivity index (χ4n) is 1.85. The van der Waals surface area contributed by atoms with Crippen LogP contribution in [0, 0.1) is 13.8 Å². The molecular weight excluding hydrogens is 190 g/mol. The van der Waals surface area contributed by atoms with Crippen LogP contribution in [0.25, 0.3) is 0 Å². The number of pyridine rings is 1. The van der Waals surface area contributed by atoms with Gasteiger partial charge in [-0.15, -0.1) is 0 Å². The molecule has 0 spiro atoms. The van der Waals surface area contributed by atoms with Gasteiger partial charge in [0.1, 0.15) is 5.82 Å². The Bertz CT molecular complexity index is 354. The second kappa shape index (κ2) is 4.16. The van der Waals surface area contributed by atoms with Crippen LogP contribution in [0.15, 0.2) is 12.3 Å². The monoisotopic (exact) mass is 207 g/mol. The molecule has 2 rings (SSSR count). The Hall–Kier alpha value is -1.13. The number of rotatable bonds is 2. The molecule has 4 nitrogen and oxygen atoms in total. The molecule has 1 fully saturated rings. The van der Waals surface area contributed by atoms with Crippen LogP contribution in [-0.4, -0.2) is 35.3 Å². The maximum Gasteiger partial charge on any atom is 0.129 e. The number of hydrogen-bond donors (Lipinski definition) is 3. The summed E-state index contributed by atoms with van der Waals surface area (Å²) in [5.41, 5.74) is 2.28. The zero-order valence-corrected chi connectivity index (χ0v) is 9.12. The topological polar surface area (TPSA) is 57.2 Å². The van der Waals surface area contributed by atoms with Crippen LogP contribution in [0.2, 0.25) is 0 Å². The minimum Gasteiger partial charge on any atom is -0.390 e. The van der Waals surface area contributed by atoms with Gasteiger partial charge in [-0.1, -0.05) is 6.07 Å². The van der Waals surface area contributed by atoms with Gasteiger partial charge in [0.05, 0.1) is 12.1 Å². The van der Waals surface area contributed by atoms with E-state index in [1.165, 1.54) is 0 Å². The van der Waals surface area contributed by atoms with E-state index in [4.69, 9.17) is 0 Å². The zero-order chi connectivity index (χ0) is 10.8. The van der Waals surface area contributed by atoms with E-state index < -0.39 is 0 Å². The van der Waals surface area contributed by atoms with E-state index in [1.807, 2.05) is 20.0 Å². The van der Waals surface area contributed by atoms with E-state index in [2.05, 4.69) is 21.7 Å². The Labute approximate surface area is 89.7 Å². The highest BCUT2D eigenvalue weighted by molar-refractivity contribution is 5.45. The summed E-state index contributed by atoms with van der Waals surface area (Å²) in [6.07, 6.45) is 1.51. The van der Waals surface area contributed by atoms with E-state index in [-0.39, 0.29) is 12.1 Å². The molecule has 2 heterocycles. The first-order chi connectivity index (χ1) is 7.16. The molecule has 1 saturated heterocycles. The first kappa shape index (κ1) is 10.4. The van der Waals surface area contributed by atoms with Gasteiger partial charge in [-0.05, 0) is 25.0 Å². The van der Waals surface area contributed by atoms with Crippen molar-refractivity contribution in [1.82, 2.24) is 10.3 Å². The van der Waals surface area contributed by atoms with Crippen LogP contribution in [0.5, 0.6) is 0 Å². The van der Waals surface area contributed by atoms with Gasteiger partial charge in [-0.25, -0.2) is 4.98 Å². The van der Waals surface area contributed by atoms with E-state index in [1.54, 1.807) is 0 Å². The molecule has 0 radical (unpaired) electrons. The molecule has 3 N–H and O–H groups in total. The minimum absolute atomic E-state index is 0.0684. The van der Waals surface area contributed by atoms with Gasteiger partial charge in [0.25, 0.3) is 0 Å². The summed E-state index contributed by atoms with van der Waals surface area (Å²) in [7, 11) is 0. The number of aromatic nitrogens is 1. The summed E-state index contributed by atoms with van der Waals surface area (Å²) in [5.74, 6) is 0.869.